The number of β-amino-alcohol motifs (C(OH)–C–C–N with tert-alkyl or cyclic N) is 1. The fraction of sp³-hybridized carbons (Fsp3) is 0.478. The highest BCUT2D eigenvalue weighted by molar-refractivity contribution is 9.10. The highest BCUT2D eigenvalue weighted by atomic mass is 79.9. The van der Waals surface area contributed by atoms with Crippen molar-refractivity contribution >= 4 is 61.6 Å². The van der Waals surface area contributed by atoms with Crippen LogP contribution in [0.2, 0.25) is 0 Å². The van der Waals surface area contributed by atoms with Gasteiger partial charge >= 0.3 is 0 Å². The molecule has 2 N–H and O–H groups in total. The van der Waals surface area contributed by atoms with Gasteiger partial charge in [0.05, 0.1) is 22.0 Å². The fourth-order valence-corrected chi connectivity index (χ4v) is 7.64. The van der Waals surface area contributed by atoms with Crippen LogP contribution in [0.5, 0.6) is 0 Å². The van der Waals surface area contributed by atoms with Gasteiger partial charge in [-0.3, -0.25) is 0 Å². The third kappa shape index (κ3) is 8.77. The van der Waals surface area contributed by atoms with E-state index in [9.17, 15) is 21.9 Å². The molecule has 0 aromatic heterocycles. The van der Waals surface area contributed by atoms with E-state index in [0.717, 1.165) is 21.8 Å². The Balaban J connectivity index is 0.000000207. The monoisotopic (exact) mass is 673 g/mol. The van der Waals surface area contributed by atoms with E-state index >= 15 is 0 Å². The van der Waals surface area contributed by atoms with E-state index < -0.39 is 25.2 Å². The molecule has 0 bridgehead atoms. The predicted molar refractivity (Wildman–Crippen MR) is 145 cm³/mol. The molecule has 2 aliphatic rings. The molecule has 1 atom stereocenters. The first-order valence-corrected chi connectivity index (χ1v) is 16.4. The van der Waals surface area contributed by atoms with Gasteiger partial charge < -0.3 is 10.2 Å². The summed E-state index contributed by atoms with van der Waals surface area (Å²) in [6, 6.07) is 9.99. The maximum absolute atomic E-state index is 12.3. The molecular weight excluding hydrogens is 646 g/mol. The number of aliphatic hydroxyl groups is 2. The van der Waals surface area contributed by atoms with Crippen molar-refractivity contribution in [2.75, 3.05) is 13.1 Å². The van der Waals surface area contributed by atoms with E-state index in [-0.39, 0.29) is 17.5 Å². The Morgan fingerprint density at radius 1 is 0.829 bits per heavy atom. The Hall–Kier alpha value is -0.530. The van der Waals surface area contributed by atoms with Crippen LogP contribution in [-0.2, 0) is 19.1 Å². The molecular formula is C23H30Br2ClNO6S2. The molecule has 7 nitrogen and oxygen atoms in total. The van der Waals surface area contributed by atoms with Gasteiger partial charge in [0.25, 0.3) is 9.05 Å². The van der Waals surface area contributed by atoms with Crippen molar-refractivity contribution < 1.29 is 27.0 Å². The van der Waals surface area contributed by atoms with Crippen molar-refractivity contribution in [3.8, 4) is 0 Å². The van der Waals surface area contributed by atoms with Crippen molar-refractivity contribution in [2.24, 2.45) is 0 Å². The molecule has 0 amide bonds. The highest BCUT2D eigenvalue weighted by Crippen LogP contribution is 2.28. The highest BCUT2D eigenvalue weighted by Gasteiger charge is 2.32. The zero-order valence-electron chi connectivity index (χ0n) is 19.5. The van der Waals surface area contributed by atoms with Crippen LogP contribution in [0.4, 0.5) is 0 Å². The quantitative estimate of drug-likeness (QED) is 0.437. The number of hydrogen-bond acceptors (Lipinski definition) is 6. The molecule has 2 fully saturated rings. The molecule has 1 aliphatic heterocycles. The average molecular weight is 676 g/mol. The third-order valence-corrected chi connectivity index (χ3v) is 11.0. The molecule has 0 spiro atoms. The van der Waals surface area contributed by atoms with Crippen LogP contribution in [0.15, 0.2) is 55.1 Å². The van der Waals surface area contributed by atoms with Crippen LogP contribution in [0.25, 0.3) is 0 Å². The van der Waals surface area contributed by atoms with Crippen molar-refractivity contribution in [1.29, 1.82) is 0 Å². The summed E-state index contributed by atoms with van der Waals surface area (Å²) in [7, 11) is -1.91. The lowest BCUT2D eigenvalue weighted by molar-refractivity contribution is 0.183. The van der Waals surface area contributed by atoms with Gasteiger partial charge in [-0.1, -0.05) is 56.8 Å². The largest absolute Gasteiger partial charge is 0.393 e. The Labute approximate surface area is 229 Å². The van der Waals surface area contributed by atoms with Crippen LogP contribution in [-0.4, -0.2) is 56.7 Å². The summed E-state index contributed by atoms with van der Waals surface area (Å²) >= 11 is 6.54. The molecule has 4 rings (SSSR count). The smallest absolute Gasteiger partial charge is 0.261 e. The molecule has 1 aliphatic carbocycles. The summed E-state index contributed by atoms with van der Waals surface area (Å²) in [6.45, 7) is 4.03. The van der Waals surface area contributed by atoms with Gasteiger partial charge in [0.1, 0.15) is 0 Å². The normalized spacial score (nSPS) is 19.0. The summed E-state index contributed by atoms with van der Waals surface area (Å²) in [6.07, 6.45) is 4.57. The Bertz CT molecular complexity index is 1220. The summed E-state index contributed by atoms with van der Waals surface area (Å²) in [5.41, 5.74) is 1.33. The lowest BCUT2D eigenvalue weighted by Crippen LogP contribution is -2.30. The molecule has 12 heteroatoms. The predicted octanol–water partition coefficient (Wildman–Crippen LogP) is 5.12. The van der Waals surface area contributed by atoms with Gasteiger partial charge in [-0.2, -0.15) is 4.31 Å². The second-order valence-corrected chi connectivity index (χ2v) is 14.6. The minimum absolute atomic E-state index is 0.0463. The van der Waals surface area contributed by atoms with Crippen LogP contribution < -0.4 is 0 Å². The van der Waals surface area contributed by atoms with E-state index in [2.05, 4.69) is 31.9 Å². The van der Waals surface area contributed by atoms with E-state index in [1.807, 2.05) is 6.07 Å². The van der Waals surface area contributed by atoms with Gasteiger partial charge in [0.15, 0.2) is 0 Å². The molecule has 0 radical (unpaired) electrons. The van der Waals surface area contributed by atoms with Gasteiger partial charge in [-0.25, -0.2) is 16.8 Å². The van der Waals surface area contributed by atoms with E-state index in [1.165, 1.54) is 23.2 Å². The molecule has 2 aromatic carbocycles. The fourth-order valence-electron chi connectivity index (χ4n) is 3.69. The van der Waals surface area contributed by atoms with E-state index in [1.54, 1.807) is 38.1 Å². The Kier molecular flexibility index (Phi) is 11.7. The van der Waals surface area contributed by atoms with E-state index in [0.29, 0.717) is 29.0 Å². The van der Waals surface area contributed by atoms with E-state index in [4.69, 9.17) is 15.8 Å². The second kappa shape index (κ2) is 13.3. The standard InChI is InChI=1S/C11H14BrNO3S.C7H6BrClO2S.C5H10O/c1-8-10(12)3-2-4-11(8)17(15,16)13-6-5-9(14)7-13;1-5-6(8)3-2-4-7(5)12(9,10)11;6-5-3-1-2-4-5/h2-4,9,14H,5-7H2,1H3;2-4H,1H3;5-6H,1-4H2/t9-;;/m1../s1. The summed E-state index contributed by atoms with van der Waals surface area (Å²) in [4.78, 5) is 0.458. The molecule has 1 saturated carbocycles. The number of sulfonamides is 1. The minimum atomic E-state index is -3.61. The summed E-state index contributed by atoms with van der Waals surface area (Å²) < 4.78 is 49.5. The SMILES string of the molecule is Cc1c(Br)cccc1S(=O)(=O)Cl.Cc1c(Br)cccc1S(=O)(=O)N1CC[C@@H](O)C1.OC1CCCC1. The third-order valence-electron chi connectivity index (χ3n) is 5.77. The summed E-state index contributed by atoms with van der Waals surface area (Å²) in [5, 5.41) is 18.1. The first-order chi connectivity index (χ1) is 16.2. The number of halogens is 3. The minimum Gasteiger partial charge on any atom is -0.393 e. The van der Waals surface area contributed by atoms with Gasteiger partial charge in [-0.05, 0) is 68.5 Å². The maximum Gasteiger partial charge on any atom is 0.261 e. The second-order valence-electron chi connectivity index (χ2n) is 8.41. The lowest BCUT2D eigenvalue weighted by Gasteiger charge is -2.17. The number of hydrogen-bond donors (Lipinski definition) is 2. The molecule has 2 aromatic rings. The van der Waals surface area contributed by atoms with Crippen molar-refractivity contribution in [3.05, 3.63) is 56.5 Å². The zero-order chi connectivity index (χ0) is 26.4. The van der Waals surface area contributed by atoms with Crippen molar-refractivity contribution in [2.45, 2.75) is 68.0 Å². The van der Waals surface area contributed by atoms with Crippen LogP contribution in [0, 0.1) is 13.8 Å². The maximum atomic E-state index is 12.3. The van der Waals surface area contributed by atoms with Crippen molar-refractivity contribution in [3.63, 3.8) is 0 Å². The number of aliphatic hydroxyl groups excluding tert-OH is 2. The van der Waals surface area contributed by atoms with Gasteiger partial charge in [0, 0.05) is 32.7 Å². The molecule has 196 valence electrons. The zero-order valence-corrected chi connectivity index (χ0v) is 25.1. The lowest BCUT2D eigenvalue weighted by atomic mass is 10.2. The van der Waals surface area contributed by atoms with Crippen molar-refractivity contribution in [1.82, 2.24) is 4.31 Å². The molecule has 1 heterocycles. The first-order valence-electron chi connectivity index (χ1n) is 11.1. The van der Waals surface area contributed by atoms with Gasteiger partial charge in [0.2, 0.25) is 10.0 Å². The first kappa shape index (κ1) is 30.7. The Morgan fingerprint density at radius 3 is 1.69 bits per heavy atom. The average Bonchev–Trinajstić information content (AvgIpc) is 3.43. The molecule has 0 unspecified atom stereocenters. The molecule has 35 heavy (non-hydrogen) atoms. The van der Waals surface area contributed by atoms with Crippen LogP contribution in [0.1, 0.15) is 43.2 Å². The number of nitrogens with zero attached hydrogens (tertiary/aromatic N) is 1. The molecule has 1 saturated heterocycles. The van der Waals surface area contributed by atoms with Crippen LogP contribution in [0.3, 0.4) is 0 Å². The number of rotatable bonds is 3. The Morgan fingerprint density at radius 2 is 1.31 bits per heavy atom. The summed E-state index contributed by atoms with van der Waals surface area (Å²) in [5.74, 6) is 0. The van der Waals surface area contributed by atoms with Gasteiger partial charge in [-0.15, -0.1) is 0 Å². The topological polar surface area (TPSA) is 112 Å². The van der Waals surface area contributed by atoms with Crippen LogP contribution >= 0.6 is 42.5 Å². The number of benzene rings is 2.